The molecule has 0 saturated carbocycles. The molecule has 0 aliphatic carbocycles. The normalized spacial score (nSPS) is 12.7. The van der Waals surface area contributed by atoms with E-state index in [0.29, 0.717) is 0 Å². The number of hydrogen-bond acceptors (Lipinski definition) is 4. The first-order valence-electron chi connectivity index (χ1n) is 10.6. The molecule has 0 radical (unpaired) electrons. The molecule has 0 spiro atoms. The van der Waals surface area contributed by atoms with E-state index in [2.05, 4.69) is 5.32 Å². The molecule has 2 aromatic carbocycles. The summed E-state index contributed by atoms with van der Waals surface area (Å²) in [5.74, 6) is -1.57. The van der Waals surface area contributed by atoms with Gasteiger partial charge < -0.3 is 10.2 Å². The van der Waals surface area contributed by atoms with E-state index in [1.54, 1.807) is 6.92 Å². The van der Waals surface area contributed by atoms with Crippen LogP contribution in [0, 0.1) is 12.7 Å². The molecule has 0 aliphatic heterocycles. The maximum absolute atomic E-state index is 13.8. The first-order valence-corrected chi connectivity index (χ1v) is 12.4. The second kappa shape index (κ2) is 10.3. The fraction of sp³-hybridized carbons (Fsp3) is 0.417. The molecule has 0 bridgehead atoms. The predicted octanol–water partition coefficient (Wildman–Crippen LogP) is 3.23. The molecule has 1 unspecified atom stereocenters. The highest BCUT2D eigenvalue weighted by atomic mass is 32.2. The highest BCUT2D eigenvalue weighted by Crippen LogP contribution is 2.20. The number of halogens is 1. The van der Waals surface area contributed by atoms with Gasteiger partial charge in [-0.05, 0) is 58.4 Å². The molecule has 9 heteroatoms. The van der Waals surface area contributed by atoms with Gasteiger partial charge in [-0.15, -0.1) is 0 Å². The van der Waals surface area contributed by atoms with Gasteiger partial charge in [-0.3, -0.25) is 13.9 Å². The summed E-state index contributed by atoms with van der Waals surface area (Å²) in [5.41, 5.74) is 1.36. The average Bonchev–Trinajstić information content (AvgIpc) is 2.68. The van der Waals surface area contributed by atoms with Crippen LogP contribution < -0.4 is 9.62 Å². The third kappa shape index (κ3) is 7.85. The topological polar surface area (TPSA) is 86.8 Å². The molecule has 7 nitrogen and oxygen atoms in total. The number of carbonyl (C=O) groups is 2. The van der Waals surface area contributed by atoms with Crippen molar-refractivity contribution < 1.29 is 22.4 Å². The van der Waals surface area contributed by atoms with Crippen LogP contribution in [-0.2, 0) is 26.2 Å². The van der Waals surface area contributed by atoms with Gasteiger partial charge in [0.25, 0.3) is 0 Å². The van der Waals surface area contributed by atoms with E-state index in [1.807, 2.05) is 52.0 Å². The highest BCUT2D eigenvalue weighted by molar-refractivity contribution is 7.92. The van der Waals surface area contributed by atoms with Gasteiger partial charge in [0.2, 0.25) is 21.8 Å². The predicted molar refractivity (Wildman–Crippen MR) is 128 cm³/mol. The van der Waals surface area contributed by atoms with Crippen LogP contribution in [0.25, 0.3) is 0 Å². The van der Waals surface area contributed by atoms with Gasteiger partial charge in [0.1, 0.15) is 18.4 Å². The van der Waals surface area contributed by atoms with Crippen LogP contribution in [0.5, 0.6) is 0 Å². The summed E-state index contributed by atoms with van der Waals surface area (Å²) >= 11 is 0. The molecule has 2 aromatic rings. The Morgan fingerprint density at radius 1 is 1.09 bits per heavy atom. The van der Waals surface area contributed by atoms with Crippen molar-refractivity contribution in [2.75, 3.05) is 17.1 Å². The van der Waals surface area contributed by atoms with Crippen molar-refractivity contribution in [3.63, 3.8) is 0 Å². The van der Waals surface area contributed by atoms with Gasteiger partial charge in [-0.1, -0.05) is 35.9 Å². The second-order valence-electron chi connectivity index (χ2n) is 9.17. The molecule has 0 aliphatic rings. The fourth-order valence-corrected chi connectivity index (χ4v) is 4.03. The van der Waals surface area contributed by atoms with E-state index in [4.69, 9.17) is 0 Å². The Balaban J connectivity index is 2.39. The molecule has 0 heterocycles. The molecule has 180 valence electrons. The first-order chi connectivity index (χ1) is 15.2. The van der Waals surface area contributed by atoms with E-state index in [9.17, 15) is 22.4 Å². The fourth-order valence-electron chi connectivity index (χ4n) is 3.19. The van der Waals surface area contributed by atoms with Crippen LogP contribution in [0.1, 0.15) is 38.8 Å². The Morgan fingerprint density at radius 3 is 2.21 bits per heavy atom. The monoisotopic (exact) mass is 477 g/mol. The van der Waals surface area contributed by atoms with E-state index in [0.717, 1.165) is 27.8 Å². The summed E-state index contributed by atoms with van der Waals surface area (Å²) in [6, 6.07) is 11.7. The third-order valence-corrected chi connectivity index (χ3v) is 6.05. The Bertz CT molecular complexity index is 1100. The number of aryl methyl sites for hydroxylation is 1. The third-order valence-electron chi connectivity index (χ3n) is 4.91. The van der Waals surface area contributed by atoms with Crippen molar-refractivity contribution in [1.82, 2.24) is 10.2 Å². The number of amides is 2. The zero-order chi connectivity index (χ0) is 25.0. The number of carbonyl (C=O) groups excluding carboxylic acids is 2. The largest absolute Gasteiger partial charge is 0.350 e. The van der Waals surface area contributed by atoms with Crippen LogP contribution >= 0.6 is 0 Å². The number of nitrogens with one attached hydrogen (secondary N) is 1. The molecule has 0 saturated heterocycles. The van der Waals surface area contributed by atoms with Crippen molar-refractivity contribution in [3.8, 4) is 0 Å². The van der Waals surface area contributed by atoms with Gasteiger partial charge in [0.05, 0.1) is 11.9 Å². The van der Waals surface area contributed by atoms with Crippen molar-refractivity contribution in [2.24, 2.45) is 0 Å². The summed E-state index contributed by atoms with van der Waals surface area (Å²) in [5, 5.41) is 2.86. The maximum atomic E-state index is 13.8. The Morgan fingerprint density at radius 2 is 1.70 bits per heavy atom. The van der Waals surface area contributed by atoms with Gasteiger partial charge in [0, 0.05) is 12.1 Å². The molecule has 2 amide bonds. The molecule has 1 atom stereocenters. The standard InChI is InChI=1S/C24H32FN3O4S/c1-17-10-12-19(13-11-17)15-27(18(2)23(30)26-24(3,4)5)22(29)16-28(33(6,31)32)21-9-7-8-20(25)14-21/h7-14,18H,15-16H2,1-6H3,(H,26,30). The number of rotatable bonds is 8. The minimum atomic E-state index is -3.90. The lowest BCUT2D eigenvalue weighted by Gasteiger charge is -2.33. The zero-order valence-electron chi connectivity index (χ0n) is 19.9. The summed E-state index contributed by atoms with van der Waals surface area (Å²) in [6.07, 6.45) is 0.950. The lowest BCUT2D eigenvalue weighted by molar-refractivity contribution is -0.140. The van der Waals surface area contributed by atoms with Gasteiger partial charge in [0.15, 0.2) is 0 Å². The number of hydrogen-bond donors (Lipinski definition) is 1. The van der Waals surface area contributed by atoms with E-state index >= 15 is 0 Å². The van der Waals surface area contributed by atoms with Crippen LogP contribution in [0.3, 0.4) is 0 Å². The van der Waals surface area contributed by atoms with Crippen molar-refractivity contribution >= 4 is 27.5 Å². The second-order valence-corrected chi connectivity index (χ2v) is 11.1. The zero-order valence-corrected chi connectivity index (χ0v) is 20.7. The summed E-state index contributed by atoms with van der Waals surface area (Å²) in [4.78, 5) is 27.6. The Hall–Kier alpha value is -2.94. The van der Waals surface area contributed by atoms with Crippen LogP contribution in [0.2, 0.25) is 0 Å². The summed E-state index contributed by atoms with van der Waals surface area (Å²) in [6.45, 7) is 8.58. The molecule has 1 N–H and O–H groups in total. The molecule has 0 aromatic heterocycles. The molecular formula is C24H32FN3O4S. The minimum absolute atomic E-state index is 0.0351. The lowest BCUT2D eigenvalue weighted by atomic mass is 10.1. The Kier molecular flexibility index (Phi) is 8.24. The molecular weight excluding hydrogens is 445 g/mol. The lowest BCUT2D eigenvalue weighted by Crippen LogP contribution is -2.54. The molecule has 33 heavy (non-hydrogen) atoms. The first kappa shape index (κ1) is 26.3. The maximum Gasteiger partial charge on any atom is 0.244 e. The quantitative estimate of drug-likeness (QED) is 0.633. The van der Waals surface area contributed by atoms with Crippen molar-refractivity contribution in [2.45, 2.75) is 52.7 Å². The van der Waals surface area contributed by atoms with Crippen molar-refractivity contribution in [1.29, 1.82) is 0 Å². The molecule has 2 rings (SSSR count). The smallest absolute Gasteiger partial charge is 0.244 e. The van der Waals surface area contributed by atoms with Gasteiger partial charge >= 0.3 is 0 Å². The number of benzene rings is 2. The minimum Gasteiger partial charge on any atom is -0.350 e. The van der Waals surface area contributed by atoms with Gasteiger partial charge in [-0.2, -0.15) is 0 Å². The van der Waals surface area contributed by atoms with Crippen LogP contribution in [0.15, 0.2) is 48.5 Å². The highest BCUT2D eigenvalue weighted by Gasteiger charge is 2.31. The Labute approximate surface area is 195 Å². The van der Waals surface area contributed by atoms with Crippen LogP contribution in [0.4, 0.5) is 10.1 Å². The van der Waals surface area contributed by atoms with Gasteiger partial charge in [-0.25, -0.2) is 12.8 Å². The number of nitrogens with zero attached hydrogens (tertiary/aromatic N) is 2. The number of sulfonamides is 1. The molecule has 0 fully saturated rings. The summed E-state index contributed by atoms with van der Waals surface area (Å²) in [7, 11) is -3.90. The van der Waals surface area contributed by atoms with E-state index in [1.165, 1.54) is 23.1 Å². The number of anilines is 1. The summed E-state index contributed by atoms with van der Waals surface area (Å²) < 4.78 is 39.5. The van der Waals surface area contributed by atoms with Crippen LogP contribution in [-0.4, -0.2) is 49.5 Å². The average molecular weight is 478 g/mol. The van der Waals surface area contributed by atoms with E-state index in [-0.39, 0.29) is 18.1 Å². The van der Waals surface area contributed by atoms with E-state index < -0.39 is 39.9 Å². The SMILES string of the molecule is Cc1ccc(CN(C(=O)CN(c2cccc(F)c2)S(C)(=O)=O)C(C)C(=O)NC(C)(C)C)cc1. The van der Waals surface area contributed by atoms with Crippen molar-refractivity contribution in [3.05, 3.63) is 65.5 Å².